The molecule has 3 aliphatic rings. The van der Waals surface area contributed by atoms with Crippen molar-refractivity contribution in [3.63, 3.8) is 0 Å². The van der Waals surface area contributed by atoms with E-state index in [1.807, 2.05) is 26.8 Å². The summed E-state index contributed by atoms with van der Waals surface area (Å²) in [6.07, 6.45) is -3.79. The van der Waals surface area contributed by atoms with Crippen LogP contribution in [0.5, 0.6) is 0 Å². The van der Waals surface area contributed by atoms with E-state index in [1.54, 1.807) is 4.90 Å². The normalized spacial score (nSPS) is 26.3. The fourth-order valence-corrected chi connectivity index (χ4v) is 6.88. The molecule has 0 radical (unpaired) electrons. The summed E-state index contributed by atoms with van der Waals surface area (Å²) in [5.41, 5.74) is 2.28. The summed E-state index contributed by atoms with van der Waals surface area (Å²) < 4.78 is 40.3. The molecule has 1 saturated heterocycles. The summed E-state index contributed by atoms with van der Waals surface area (Å²) in [5, 5.41) is 0. The SMILES string of the molecule is Cc1cc2c3c(c1)C1(SCC(=O)N1c1cccc(C(F)(F)F)c1)C(=O)N3C(C)(C)CC2C. The molecule has 168 valence electrons. The van der Waals surface area contributed by atoms with Crippen LogP contribution >= 0.6 is 11.8 Å². The number of carbonyl (C=O) groups is 2. The number of benzene rings is 2. The van der Waals surface area contributed by atoms with Gasteiger partial charge in [0.1, 0.15) is 0 Å². The van der Waals surface area contributed by atoms with E-state index in [2.05, 4.69) is 13.0 Å². The van der Waals surface area contributed by atoms with Gasteiger partial charge in [0.25, 0.3) is 5.91 Å². The Bertz CT molecular complexity index is 1180. The summed E-state index contributed by atoms with van der Waals surface area (Å²) >= 11 is 1.20. The smallest absolute Gasteiger partial charge is 0.303 e. The number of hydrogen-bond donors (Lipinski definition) is 0. The Labute approximate surface area is 188 Å². The predicted octanol–water partition coefficient (Wildman–Crippen LogP) is 5.58. The minimum Gasteiger partial charge on any atom is -0.303 e. The number of halogens is 3. The van der Waals surface area contributed by atoms with E-state index in [1.165, 1.54) is 28.8 Å². The molecule has 0 saturated carbocycles. The van der Waals surface area contributed by atoms with Gasteiger partial charge in [-0.3, -0.25) is 14.5 Å². The summed E-state index contributed by atoms with van der Waals surface area (Å²) in [7, 11) is 0. The molecule has 0 aliphatic carbocycles. The van der Waals surface area contributed by atoms with Gasteiger partial charge in [0, 0.05) is 16.8 Å². The first kappa shape index (κ1) is 21.4. The highest BCUT2D eigenvalue weighted by molar-refractivity contribution is 8.02. The minimum absolute atomic E-state index is 0.0223. The molecule has 32 heavy (non-hydrogen) atoms. The lowest BCUT2D eigenvalue weighted by molar-refractivity contribution is -0.137. The molecule has 2 atom stereocenters. The molecule has 0 bridgehead atoms. The zero-order valence-corrected chi connectivity index (χ0v) is 19.0. The first-order valence-corrected chi connectivity index (χ1v) is 11.5. The number of carbonyl (C=O) groups excluding carboxylic acids is 2. The highest BCUT2D eigenvalue weighted by atomic mass is 32.2. The lowest BCUT2D eigenvalue weighted by Gasteiger charge is -2.44. The Morgan fingerprint density at radius 1 is 1.09 bits per heavy atom. The molecular formula is C24H23F3N2O2S. The average Bonchev–Trinajstić information content (AvgIpc) is 3.16. The molecule has 3 aliphatic heterocycles. The van der Waals surface area contributed by atoms with Crippen LogP contribution in [-0.4, -0.2) is 23.1 Å². The van der Waals surface area contributed by atoms with Crippen LogP contribution in [0.25, 0.3) is 0 Å². The fourth-order valence-electron chi connectivity index (χ4n) is 5.56. The quantitative estimate of drug-likeness (QED) is 0.558. The molecule has 2 amide bonds. The van der Waals surface area contributed by atoms with Crippen LogP contribution in [0.15, 0.2) is 36.4 Å². The van der Waals surface area contributed by atoms with E-state index in [9.17, 15) is 22.8 Å². The van der Waals surface area contributed by atoms with E-state index in [0.29, 0.717) is 5.56 Å². The Hall–Kier alpha value is -2.48. The molecule has 1 spiro atoms. The molecule has 3 heterocycles. The van der Waals surface area contributed by atoms with Crippen LogP contribution in [0.3, 0.4) is 0 Å². The van der Waals surface area contributed by atoms with Crippen molar-refractivity contribution in [2.45, 2.75) is 56.6 Å². The first-order valence-electron chi connectivity index (χ1n) is 10.5. The Balaban J connectivity index is 1.78. The third kappa shape index (κ3) is 2.71. The van der Waals surface area contributed by atoms with Crippen molar-refractivity contribution in [3.8, 4) is 0 Å². The lowest BCUT2D eigenvalue weighted by atomic mass is 9.80. The van der Waals surface area contributed by atoms with Gasteiger partial charge in [-0.25, -0.2) is 0 Å². The Kier molecular flexibility index (Phi) is 4.36. The van der Waals surface area contributed by atoms with Crippen molar-refractivity contribution >= 4 is 35.0 Å². The average molecular weight is 461 g/mol. The molecule has 8 heteroatoms. The van der Waals surface area contributed by atoms with Crippen LogP contribution in [0.2, 0.25) is 0 Å². The van der Waals surface area contributed by atoms with Crippen LogP contribution in [0.4, 0.5) is 24.5 Å². The summed E-state index contributed by atoms with van der Waals surface area (Å²) in [6.45, 7) is 8.08. The van der Waals surface area contributed by atoms with Crippen LogP contribution < -0.4 is 9.80 Å². The highest BCUT2D eigenvalue weighted by Crippen LogP contribution is 2.61. The van der Waals surface area contributed by atoms with Crippen molar-refractivity contribution < 1.29 is 22.8 Å². The third-order valence-electron chi connectivity index (χ3n) is 6.71. The molecule has 4 nitrogen and oxygen atoms in total. The van der Waals surface area contributed by atoms with E-state index in [-0.39, 0.29) is 29.2 Å². The molecule has 1 fully saturated rings. The maximum atomic E-state index is 14.1. The van der Waals surface area contributed by atoms with E-state index in [4.69, 9.17) is 0 Å². The van der Waals surface area contributed by atoms with Crippen molar-refractivity contribution in [1.82, 2.24) is 0 Å². The van der Waals surface area contributed by atoms with Crippen LogP contribution in [0.1, 0.15) is 55.4 Å². The maximum Gasteiger partial charge on any atom is 0.416 e. The predicted molar refractivity (Wildman–Crippen MR) is 119 cm³/mol. The molecule has 0 N–H and O–H groups in total. The number of aryl methyl sites for hydroxylation is 1. The number of thioether (sulfide) groups is 1. The van der Waals surface area contributed by atoms with Crippen molar-refractivity contribution in [2.24, 2.45) is 0 Å². The summed E-state index contributed by atoms with van der Waals surface area (Å²) in [6, 6.07) is 8.69. The molecular weight excluding hydrogens is 437 g/mol. The molecule has 2 aromatic carbocycles. The van der Waals surface area contributed by atoms with Gasteiger partial charge in [-0.05, 0) is 56.9 Å². The molecule has 5 rings (SSSR count). The zero-order chi connectivity index (χ0) is 23.2. The van der Waals surface area contributed by atoms with E-state index >= 15 is 0 Å². The van der Waals surface area contributed by atoms with Gasteiger partial charge in [-0.1, -0.05) is 30.7 Å². The van der Waals surface area contributed by atoms with Crippen molar-refractivity contribution in [2.75, 3.05) is 15.6 Å². The van der Waals surface area contributed by atoms with Gasteiger partial charge >= 0.3 is 6.18 Å². The second-order valence-electron chi connectivity index (χ2n) is 9.52. The number of hydrogen-bond acceptors (Lipinski definition) is 3. The van der Waals surface area contributed by atoms with Gasteiger partial charge < -0.3 is 4.90 Å². The summed E-state index contributed by atoms with van der Waals surface area (Å²) in [4.78, 5) is 28.9. The van der Waals surface area contributed by atoms with E-state index < -0.39 is 22.1 Å². The number of alkyl halides is 3. The first-order chi connectivity index (χ1) is 14.9. The number of rotatable bonds is 1. The Morgan fingerprint density at radius 2 is 1.81 bits per heavy atom. The monoisotopic (exact) mass is 460 g/mol. The standard InChI is InChI=1S/C24H23F3N2O2S/c1-13-8-17-14(2)11-22(3,4)29-20(17)18(9-13)23(21(29)31)28(19(30)12-32-23)16-7-5-6-15(10-16)24(25,26)27/h5-10,14H,11-12H2,1-4H3. The minimum atomic E-state index is -4.55. The number of fused-ring (bicyclic) bond motifs is 1. The second-order valence-corrected chi connectivity index (χ2v) is 10.7. The van der Waals surface area contributed by atoms with Gasteiger partial charge in [0.15, 0.2) is 0 Å². The lowest BCUT2D eigenvalue weighted by Crippen LogP contribution is -2.56. The molecule has 0 aromatic heterocycles. The van der Waals surface area contributed by atoms with Gasteiger partial charge in [0.05, 0.1) is 17.0 Å². The number of anilines is 2. The molecule has 2 unspecified atom stereocenters. The van der Waals surface area contributed by atoms with Crippen LogP contribution in [0, 0.1) is 6.92 Å². The number of amides is 2. The second kappa shape index (κ2) is 6.53. The Morgan fingerprint density at radius 3 is 2.50 bits per heavy atom. The van der Waals surface area contributed by atoms with E-state index in [0.717, 1.165) is 35.4 Å². The van der Waals surface area contributed by atoms with Crippen molar-refractivity contribution in [3.05, 3.63) is 58.7 Å². The highest BCUT2D eigenvalue weighted by Gasteiger charge is 2.64. The van der Waals surface area contributed by atoms with Gasteiger partial charge in [-0.2, -0.15) is 13.2 Å². The summed E-state index contributed by atoms with van der Waals surface area (Å²) in [5.74, 6) is -0.399. The zero-order valence-electron chi connectivity index (χ0n) is 18.2. The third-order valence-corrected chi connectivity index (χ3v) is 8.09. The fraction of sp³-hybridized carbons (Fsp3) is 0.417. The van der Waals surface area contributed by atoms with Crippen LogP contribution in [-0.2, 0) is 20.6 Å². The van der Waals surface area contributed by atoms with Gasteiger partial charge in [0.2, 0.25) is 10.8 Å². The topological polar surface area (TPSA) is 40.6 Å². The maximum absolute atomic E-state index is 14.1. The van der Waals surface area contributed by atoms with Crippen molar-refractivity contribution in [1.29, 1.82) is 0 Å². The number of nitrogens with zero attached hydrogens (tertiary/aromatic N) is 2. The van der Waals surface area contributed by atoms with Gasteiger partial charge in [-0.15, -0.1) is 11.8 Å². The largest absolute Gasteiger partial charge is 0.416 e. The molecule has 2 aromatic rings.